The molecule has 0 unspecified atom stereocenters. The molecule has 37 valence electrons. The third-order valence-electron chi connectivity index (χ3n) is 0.480. The van der Waals surface area contributed by atoms with Gasteiger partial charge in [0.25, 0.3) is 5.91 Å². The smallest absolute Gasteiger partial charge is 0.255 e. The quantitative estimate of drug-likeness (QED) is 0.449. The zero-order valence-corrected chi connectivity index (χ0v) is 4.01. The summed E-state index contributed by atoms with van der Waals surface area (Å²) < 4.78 is 0. The number of carbonyl (C=O) groups excluding carboxylic acids is 1. The molecule has 0 spiro atoms. The minimum absolute atomic E-state index is 0.101. The first kappa shape index (κ1) is 5.96. The lowest BCUT2D eigenvalue weighted by molar-refractivity contribution is -0.119. The Kier molecular flexibility index (Phi) is 2.69. The van der Waals surface area contributed by atoms with Crippen molar-refractivity contribution in [3.63, 3.8) is 0 Å². The molecule has 0 aliphatic carbocycles. The summed E-state index contributed by atoms with van der Waals surface area (Å²) in [4.78, 5) is 10.0. The van der Waals surface area contributed by atoms with Gasteiger partial charge in [0.1, 0.15) is 6.42 Å². The van der Waals surface area contributed by atoms with Gasteiger partial charge in [-0.15, -0.1) is 0 Å². The van der Waals surface area contributed by atoms with Crippen LogP contribution in [0.15, 0.2) is 0 Å². The second kappa shape index (κ2) is 3.16. The van der Waals surface area contributed by atoms with E-state index >= 15 is 0 Å². The number of carbonyl (C=O) groups is 1. The highest BCUT2D eigenvalue weighted by molar-refractivity contribution is 5.77. The van der Waals surface area contributed by atoms with Crippen LogP contribution < -0.4 is 5.32 Å². The maximum Gasteiger partial charge on any atom is 0.255 e. The number of nitrogens with zero attached hydrogens (tertiary/aromatic N) is 2. The number of hydrogen-bond acceptors (Lipinski definition) is 2. The van der Waals surface area contributed by atoms with Crippen molar-refractivity contribution in [3.05, 3.63) is 0 Å². The third kappa shape index (κ3) is 2.77. The molecule has 0 fully saturated rings. The normalized spacial score (nSPS) is 6.86. The molecule has 0 N–H and O–H groups in total. The first-order valence-electron chi connectivity index (χ1n) is 1.81. The Morgan fingerprint density at radius 3 is 2.71 bits per heavy atom. The topological polar surface area (TPSA) is 55.0 Å². The van der Waals surface area contributed by atoms with Gasteiger partial charge in [-0.25, -0.2) is 0 Å². The van der Waals surface area contributed by atoms with Gasteiger partial charge < -0.3 is 0 Å². The lowest BCUT2D eigenvalue weighted by Crippen LogP contribution is -2.07. The molecular formula is C4H5N2O. The average Bonchev–Trinajstić information content (AvgIpc) is 1.68. The highest BCUT2D eigenvalue weighted by Crippen LogP contribution is 1.71. The van der Waals surface area contributed by atoms with Crippen molar-refractivity contribution in [1.29, 1.82) is 5.26 Å². The Morgan fingerprint density at radius 2 is 2.57 bits per heavy atom. The molecule has 1 radical (unpaired) electrons. The molecule has 0 aromatic heterocycles. The molecule has 0 aliphatic heterocycles. The summed E-state index contributed by atoms with van der Waals surface area (Å²) in [5.74, 6) is -0.359. The van der Waals surface area contributed by atoms with Gasteiger partial charge in [-0.05, 0) is 0 Å². The molecular weight excluding hydrogens is 92.1 g/mol. The van der Waals surface area contributed by atoms with Crippen molar-refractivity contribution in [1.82, 2.24) is 5.32 Å². The Labute approximate surface area is 41.9 Å². The molecule has 0 saturated heterocycles. The first-order valence-corrected chi connectivity index (χ1v) is 1.81. The zero-order chi connectivity index (χ0) is 5.70. The molecule has 0 aromatic rings. The van der Waals surface area contributed by atoms with Gasteiger partial charge in [-0.1, -0.05) is 0 Å². The Morgan fingerprint density at radius 1 is 2.00 bits per heavy atom. The van der Waals surface area contributed by atoms with Crippen molar-refractivity contribution in [2.45, 2.75) is 6.42 Å². The van der Waals surface area contributed by atoms with Crippen LogP contribution in [0.1, 0.15) is 6.42 Å². The van der Waals surface area contributed by atoms with E-state index in [1.807, 2.05) is 0 Å². The van der Waals surface area contributed by atoms with Crippen LogP contribution in [0.25, 0.3) is 0 Å². The van der Waals surface area contributed by atoms with E-state index in [9.17, 15) is 4.79 Å². The van der Waals surface area contributed by atoms with Crippen LogP contribution in [0.5, 0.6) is 0 Å². The van der Waals surface area contributed by atoms with E-state index in [1.54, 1.807) is 6.07 Å². The van der Waals surface area contributed by atoms with Crippen LogP contribution in [0.3, 0.4) is 0 Å². The molecule has 3 heteroatoms. The van der Waals surface area contributed by atoms with E-state index in [2.05, 4.69) is 5.32 Å². The van der Waals surface area contributed by atoms with Crippen LogP contribution in [-0.4, -0.2) is 13.0 Å². The summed E-state index contributed by atoms with van der Waals surface area (Å²) in [6, 6.07) is 1.68. The van der Waals surface area contributed by atoms with Gasteiger partial charge in [-0.3, -0.25) is 10.1 Å². The Hall–Kier alpha value is -1.04. The molecule has 0 bridgehead atoms. The number of nitriles is 1. The van der Waals surface area contributed by atoms with Gasteiger partial charge in [0.15, 0.2) is 0 Å². The molecule has 1 amide bonds. The van der Waals surface area contributed by atoms with Gasteiger partial charge in [0, 0.05) is 7.05 Å². The van der Waals surface area contributed by atoms with Crippen molar-refractivity contribution < 1.29 is 4.79 Å². The minimum Gasteiger partial charge on any atom is -0.272 e. The van der Waals surface area contributed by atoms with Crippen LogP contribution in [0.4, 0.5) is 0 Å². The molecule has 0 aromatic carbocycles. The van der Waals surface area contributed by atoms with Gasteiger partial charge in [0.05, 0.1) is 6.07 Å². The number of hydrogen-bond donors (Lipinski definition) is 0. The summed E-state index contributed by atoms with van der Waals surface area (Å²) in [6.07, 6.45) is -0.101. The van der Waals surface area contributed by atoms with Crippen LogP contribution in [0, 0.1) is 11.3 Å². The van der Waals surface area contributed by atoms with Gasteiger partial charge in [-0.2, -0.15) is 5.26 Å². The number of rotatable bonds is 1. The molecule has 7 heavy (non-hydrogen) atoms. The maximum absolute atomic E-state index is 10.0. The van der Waals surface area contributed by atoms with E-state index in [0.29, 0.717) is 0 Å². The fourth-order valence-corrected chi connectivity index (χ4v) is 0.147. The van der Waals surface area contributed by atoms with E-state index in [4.69, 9.17) is 5.26 Å². The Bertz CT molecular complexity index is 103. The molecule has 3 nitrogen and oxygen atoms in total. The zero-order valence-electron chi connectivity index (χ0n) is 4.01. The summed E-state index contributed by atoms with van der Waals surface area (Å²) in [6.45, 7) is 0. The van der Waals surface area contributed by atoms with E-state index in [0.717, 1.165) is 0 Å². The summed E-state index contributed by atoms with van der Waals surface area (Å²) in [5.41, 5.74) is 0. The summed E-state index contributed by atoms with van der Waals surface area (Å²) >= 11 is 0. The van der Waals surface area contributed by atoms with Crippen LogP contribution in [-0.2, 0) is 4.79 Å². The van der Waals surface area contributed by atoms with E-state index < -0.39 is 0 Å². The first-order chi connectivity index (χ1) is 3.31. The predicted octanol–water partition coefficient (Wildman–Crippen LogP) is -0.339. The number of amides is 1. The third-order valence-corrected chi connectivity index (χ3v) is 0.480. The van der Waals surface area contributed by atoms with Crippen LogP contribution in [0.2, 0.25) is 0 Å². The molecule has 0 saturated carbocycles. The summed E-state index contributed by atoms with van der Waals surface area (Å²) in [5, 5.41) is 11.1. The maximum atomic E-state index is 10.0. The summed E-state index contributed by atoms with van der Waals surface area (Å²) in [7, 11) is 1.37. The monoisotopic (exact) mass is 97.0 g/mol. The minimum atomic E-state index is -0.359. The van der Waals surface area contributed by atoms with Crippen molar-refractivity contribution in [2.24, 2.45) is 0 Å². The fraction of sp³-hybridized carbons (Fsp3) is 0.500. The largest absolute Gasteiger partial charge is 0.272 e. The highest BCUT2D eigenvalue weighted by atomic mass is 16.1. The molecule has 0 atom stereocenters. The van der Waals surface area contributed by atoms with E-state index in [1.165, 1.54) is 7.05 Å². The van der Waals surface area contributed by atoms with Gasteiger partial charge in [0.2, 0.25) is 0 Å². The molecule has 0 heterocycles. The highest BCUT2D eigenvalue weighted by Gasteiger charge is 1.92. The van der Waals surface area contributed by atoms with Crippen molar-refractivity contribution in [3.8, 4) is 6.07 Å². The second-order valence-corrected chi connectivity index (χ2v) is 0.952. The SMILES string of the molecule is C[N]C(=O)CC#N. The van der Waals surface area contributed by atoms with Crippen LogP contribution >= 0.6 is 0 Å². The molecule has 0 rings (SSSR count). The second-order valence-electron chi connectivity index (χ2n) is 0.952. The lowest BCUT2D eigenvalue weighted by Gasteiger charge is -1.81. The van der Waals surface area contributed by atoms with Gasteiger partial charge >= 0.3 is 0 Å². The van der Waals surface area contributed by atoms with E-state index in [-0.39, 0.29) is 12.3 Å². The van der Waals surface area contributed by atoms with Crippen molar-refractivity contribution >= 4 is 5.91 Å². The molecule has 0 aliphatic rings. The Balaban J connectivity index is 3.23. The van der Waals surface area contributed by atoms with Crippen molar-refractivity contribution in [2.75, 3.05) is 7.05 Å². The lowest BCUT2D eigenvalue weighted by atomic mass is 10.4. The average molecular weight is 97.1 g/mol. The standard InChI is InChI=1S/C4H5N2O/c1-6-4(7)2-3-5/h2H2,1H3. The predicted molar refractivity (Wildman–Crippen MR) is 23.3 cm³/mol. The fourth-order valence-electron chi connectivity index (χ4n) is 0.147.